The number of hydrogen-bond donors (Lipinski definition) is 0. The third kappa shape index (κ3) is 3.99. The minimum Gasteiger partial charge on any atom is -0.492 e. The molecule has 3 rings (SSSR count). The van der Waals surface area contributed by atoms with Gasteiger partial charge in [-0.05, 0) is 51.1 Å². The molecule has 5 nitrogen and oxygen atoms in total. The van der Waals surface area contributed by atoms with Gasteiger partial charge in [-0.1, -0.05) is 17.7 Å². The summed E-state index contributed by atoms with van der Waals surface area (Å²) < 4.78 is 33.5. The van der Waals surface area contributed by atoms with Gasteiger partial charge in [0.1, 0.15) is 10.6 Å². The lowest BCUT2D eigenvalue weighted by Crippen LogP contribution is -2.27. The van der Waals surface area contributed by atoms with Crippen molar-refractivity contribution in [2.45, 2.75) is 25.7 Å². The Balaban J connectivity index is 2.09. The van der Waals surface area contributed by atoms with Crippen molar-refractivity contribution < 1.29 is 13.2 Å². The van der Waals surface area contributed by atoms with Gasteiger partial charge in [-0.2, -0.15) is 0 Å². The van der Waals surface area contributed by atoms with E-state index in [4.69, 9.17) is 4.74 Å². The molecule has 0 aliphatic heterocycles. The molecule has 142 valence electrons. The Hall–Kier alpha value is -2.38. The SMILES string of the molecule is CCOc1ccc(-c2csc(C)n2)cc1S(=O)(=O)N(C)c1ccc(C)cc1. The number of rotatable bonds is 6. The maximum atomic E-state index is 13.3. The molecule has 0 amide bonds. The molecule has 7 heteroatoms. The van der Waals surface area contributed by atoms with E-state index in [0.717, 1.165) is 21.8 Å². The van der Waals surface area contributed by atoms with Crippen molar-refractivity contribution in [1.29, 1.82) is 0 Å². The highest BCUT2D eigenvalue weighted by molar-refractivity contribution is 7.93. The second kappa shape index (κ2) is 7.70. The molecule has 0 atom stereocenters. The van der Waals surface area contributed by atoms with Crippen LogP contribution in [0.4, 0.5) is 5.69 Å². The van der Waals surface area contributed by atoms with E-state index >= 15 is 0 Å². The first-order valence-electron chi connectivity index (χ1n) is 8.58. The molecule has 1 aromatic heterocycles. The first-order valence-corrected chi connectivity index (χ1v) is 10.9. The predicted octanol–water partition coefficient (Wildman–Crippen LogP) is 4.65. The third-order valence-corrected chi connectivity index (χ3v) is 6.77. The lowest BCUT2D eigenvalue weighted by Gasteiger charge is -2.21. The number of sulfonamides is 1. The van der Waals surface area contributed by atoms with Crippen molar-refractivity contribution in [2.75, 3.05) is 18.0 Å². The lowest BCUT2D eigenvalue weighted by atomic mass is 10.2. The van der Waals surface area contributed by atoms with Crippen LogP contribution in [0.15, 0.2) is 52.7 Å². The summed E-state index contributed by atoms with van der Waals surface area (Å²) in [6.07, 6.45) is 0. The fraction of sp³-hybridized carbons (Fsp3) is 0.250. The molecule has 0 saturated heterocycles. The van der Waals surface area contributed by atoms with Gasteiger partial charge in [0, 0.05) is 18.0 Å². The van der Waals surface area contributed by atoms with Gasteiger partial charge in [-0.3, -0.25) is 4.31 Å². The molecule has 0 bridgehead atoms. The lowest BCUT2D eigenvalue weighted by molar-refractivity contribution is 0.331. The summed E-state index contributed by atoms with van der Waals surface area (Å²) >= 11 is 1.53. The summed E-state index contributed by atoms with van der Waals surface area (Å²) in [6, 6.07) is 12.5. The van der Waals surface area contributed by atoms with Gasteiger partial charge in [-0.15, -0.1) is 11.3 Å². The standard InChI is InChI=1S/C20H22N2O3S2/c1-5-25-19-11-8-16(18-13-26-15(3)21-18)12-20(19)27(23,24)22(4)17-9-6-14(2)7-10-17/h6-13H,5H2,1-4H3. The summed E-state index contributed by atoms with van der Waals surface area (Å²) in [7, 11) is -2.25. The highest BCUT2D eigenvalue weighted by Gasteiger charge is 2.26. The van der Waals surface area contributed by atoms with Gasteiger partial charge in [-0.25, -0.2) is 13.4 Å². The molecule has 0 unspecified atom stereocenters. The first kappa shape index (κ1) is 19.4. The van der Waals surface area contributed by atoms with Crippen LogP contribution in [0.2, 0.25) is 0 Å². The number of nitrogens with zero attached hydrogens (tertiary/aromatic N) is 2. The van der Waals surface area contributed by atoms with Crippen molar-refractivity contribution in [3.8, 4) is 17.0 Å². The molecule has 27 heavy (non-hydrogen) atoms. The molecule has 0 saturated carbocycles. The van der Waals surface area contributed by atoms with E-state index in [9.17, 15) is 8.42 Å². The summed E-state index contributed by atoms with van der Waals surface area (Å²) in [5, 5.41) is 2.85. The van der Waals surface area contributed by atoms with Crippen LogP contribution in [-0.4, -0.2) is 27.1 Å². The molecule has 1 heterocycles. The summed E-state index contributed by atoms with van der Waals surface area (Å²) in [6.45, 7) is 6.10. The largest absolute Gasteiger partial charge is 0.492 e. The Morgan fingerprint density at radius 2 is 1.81 bits per heavy atom. The highest BCUT2D eigenvalue weighted by Crippen LogP contribution is 2.33. The molecular formula is C20H22N2O3S2. The minimum absolute atomic E-state index is 0.135. The Bertz CT molecular complexity index is 1040. The molecule has 2 aromatic carbocycles. The normalized spacial score (nSPS) is 11.4. The molecule has 0 N–H and O–H groups in total. The van der Waals surface area contributed by atoms with E-state index in [1.54, 1.807) is 31.3 Å². The fourth-order valence-electron chi connectivity index (χ4n) is 2.68. The molecule has 0 aliphatic rings. The first-order chi connectivity index (χ1) is 12.8. The van der Waals surface area contributed by atoms with E-state index in [-0.39, 0.29) is 4.90 Å². The van der Waals surface area contributed by atoms with Crippen LogP contribution in [0.1, 0.15) is 17.5 Å². The minimum atomic E-state index is -3.80. The molecule has 0 fully saturated rings. The average Bonchev–Trinajstić information content (AvgIpc) is 3.08. The van der Waals surface area contributed by atoms with E-state index in [0.29, 0.717) is 18.0 Å². The zero-order valence-electron chi connectivity index (χ0n) is 15.8. The van der Waals surface area contributed by atoms with Gasteiger partial charge in [0.2, 0.25) is 0 Å². The van der Waals surface area contributed by atoms with Crippen molar-refractivity contribution in [3.05, 3.63) is 58.4 Å². The topological polar surface area (TPSA) is 59.5 Å². The zero-order valence-corrected chi connectivity index (χ0v) is 17.4. The van der Waals surface area contributed by atoms with Crippen LogP contribution >= 0.6 is 11.3 Å². The van der Waals surface area contributed by atoms with Crippen molar-refractivity contribution in [1.82, 2.24) is 4.98 Å². The molecule has 0 spiro atoms. The van der Waals surface area contributed by atoms with Crippen LogP contribution in [0.3, 0.4) is 0 Å². The van der Waals surface area contributed by atoms with Crippen LogP contribution in [0.5, 0.6) is 5.75 Å². The molecule has 3 aromatic rings. The average molecular weight is 403 g/mol. The van der Waals surface area contributed by atoms with Crippen molar-refractivity contribution in [2.24, 2.45) is 0 Å². The number of benzene rings is 2. The monoisotopic (exact) mass is 402 g/mol. The second-order valence-corrected chi connectivity index (χ2v) is 9.15. The van der Waals surface area contributed by atoms with E-state index in [1.165, 1.54) is 15.6 Å². The number of ether oxygens (including phenoxy) is 1. The maximum Gasteiger partial charge on any atom is 0.267 e. The van der Waals surface area contributed by atoms with E-state index in [2.05, 4.69) is 4.98 Å². The number of aryl methyl sites for hydroxylation is 2. The smallest absolute Gasteiger partial charge is 0.267 e. The third-order valence-electron chi connectivity index (χ3n) is 4.19. The Labute approximate surface area is 164 Å². The van der Waals surface area contributed by atoms with Crippen LogP contribution in [0.25, 0.3) is 11.3 Å². The van der Waals surface area contributed by atoms with Gasteiger partial charge < -0.3 is 4.74 Å². The van der Waals surface area contributed by atoms with E-state index < -0.39 is 10.0 Å². The summed E-state index contributed by atoms with van der Waals surface area (Å²) in [5.74, 6) is 0.340. The number of anilines is 1. The van der Waals surface area contributed by atoms with Crippen LogP contribution < -0.4 is 9.04 Å². The van der Waals surface area contributed by atoms with Gasteiger partial charge in [0.25, 0.3) is 10.0 Å². The molecule has 0 radical (unpaired) electrons. The summed E-state index contributed by atoms with van der Waals surface area (Å²) in [5.41, 5.74) is 3.17. The van der Waals surface area contributed by atoms with E-state index in [1.807, 2.05) is 44.4 Å². The molecular weight excluding hydrogens is 380 g/mol. The van der Waals surface area contributed by atoms with Crippen molar-refractivity contribution in [3.63, 3.8) is 0 Å². The van der Waals surface area contributed by atoms with Gasteiger partial charge in [0.15, 0.2) is 0 Å². The van der Waals surface area contributed by atoms with Crippen LogP contribution in [-0.2, 0) is 10.0 Å². The van der Waals surface area contributed by atoms with Gasteiger partial charge in [0.05, 0.1) is 23.0 Å². The van der Waals surface area contributed by atoms with Gasteiger partial charge >= 0.3 is 0 Å². The zero-order chi connectivity index (χ0) is 19.6. The summed E-state index contributed by atoms with van der Waals surface area (Å²) in [4.78, 5) is 4.60. The quantitative estimate of drug-likeness (QED) is 0.602. The Kier molecular flexibility index (Phi) is 5.53. The van der Waals surface area contributed by atoms with Crippen LogP contribution in [0, 0.1) is 13.8 Å². The fourth-order valence-corrected chi connectivity index (χ4v) is 4.65. The Morgan fingerprint density at radius 3 is 2.41 bits per heavy atom. The number of hydrogen-bond acceptors (Lipinski definition) is 5. The second-order valence-electron chi connectivity index (χ2n) is 6.15. The van der Waals surface area contributed by atoms with Crippen molar-refractivity contribution >= 4 is 27.0 Å². The Morgan fingerprint density at radius 1 is 1.11 bits per heavy atom. The maximum absolute atomic E-state index is 13.3. The predicted molar refractivity (Wildman–Crippen MR) is 110 cm³/mol. The number of thiazole rings is 1. The number of aromatic nitrogens is 1. The highest BCUT2D eigenvalue weighted by atomic mass is 32.2. The molecule has 0 aliphatic carbocycles.